The van der Waals surface area contributed by atoms with E-state index in [9.17, 15) is 22.8 Å². The molecule has 1 saturated heterocycles. The van der Waals surface area contributed by atoms with Crippen LogP contribution in [-0.2, 0) is 14.3 Å². The molecule has 1 N–H and O–H groups in total. The largest absolute Gasteiger partial charge is 0.481 e. The van der Waals surface area contributed by atoms with Crippen molar-refractivity contribution in [1.29, 1.82) is 0 Å². The fourth-order valence-corrected chi connectivity index (χ4v) is 2.41. The molecule has 1 rings (SSSR count). The maximum Gasteiger partial charge on any atom is 0.411 e. The quantitative estimate of drug-likeness (QED) is 0.816. The molecule has 122 valence electrons. The molecule has 1 fully saturated rings. The van der Waals surface area contributed by atoms with Crippen LogP contribution in [0.4, 0.5) is 13.2 Å². The molecule has 2 atom stereocenters. The number of ether oxygens (including phenoxy) is 1. The van der Waals surface area contributed by atoms with Gasteiger partial charge in [-0.05, 0) is 32.6 Å². The molecular formula is C13H20F3NO4. The highest BCUT2D eigenvalue weighted by atomic mass is 19.4. The van der Waals surface area contributed by atoms with Gasteiger partial charge in [0.15, 0.2) is 0 Å². The van der Waals surface area contributed by atoms with Gasteiger partial charge in [0.05, 0.1) is 0 Å². The predicted octanol–water partition coefficient (Wildman–Crippen LogP) is 2.20. The van der Waals surface area contributed by atoms with Gasteiger partial charge in [0, 0.05) is 19.0 Å². The summed E-state index contributed by atoms with van der Waals surface area (Å²) in [6.07, 6.45) is -3.09. The van der Waals surface area contributed by atoms with Crippen molar-refractivity contribution < 1.29 is 32.6 Å². The zero-order chi connectivity index (χ0) is 16.0. The molecule has 5 nitrogen and oxygen atoms in total. The summed E-state index contributed by atoms with van der Waals surface area (Å²) < 4.78 is 40.8. The van der Waals surface area contributed by atoms with Gasteiger partial charge in [0.25, 0.3) is 5.91 Å². The van der Waals surface area contributed by atoms with Crippen molar-refractivity contribution in [2.24, 2.45) is 0 Å². The molecule has 1 amide bonds. The molecule has 1 heterocycles. The lowest BCUT2D eigenvalue weighted by Crippen LogP contribution is -2.48. The van der Waals surface area contributed by atoms with Crippen molar-refractivity contribution in [3.63, 3.8) is 0 Å². The van der Waals surface area contributed by atoms with Crippen molar-refractivity contribution >= 4 is 11.9 Å². The second-order valence-electron chi connectivity index (χ2n) is 5.18. The van der Waals surface area contributed by atoms with E-state index in [-0.39, 0.29) is 12.5 Å². The van der Waals surface area contributed by atoms with Crippen LogP contribution in [0, 0.1) is 0 Å². The number of carboxylic acid groups (broad SMARTS) is 1. The number of rotatable bonds is 6. The summed E-state index contributed by atoms with van der Waals surface area (Å²) in [6.45, 7) is 0.257. The van der Waals surface area contributed by atoms with E-state index in [1.807, 2.05) is 0 Å². The fraction of sp³-hybridized carbons (Fsp3) is 0.846. The number of likely N-dealkylation sites (tertiary alicyclic amines) is 1. The van der Waals surface area contributed by atoms with Crippen LogP contribution in [0.25, 0.3) is 0 Å². The average Bonchev–Trinajstić information content (AvgIpc) is 2.41. The van der Waals surface area contributed by atoms with Gasteiger partial charge in [-0.25, -0.2) is 0 Å². The van der Waals surface area contributed by atoms with Gasteiger partial charge in [-0.2, -0.15) is 13.2 Å². The van der Waals surface area contributed by atoms with E-state index in [4.69, 9.17) is 5.11 Å². The topological polar surface area (TPSA) is 66.8 Å². The summed E-state index contributed by atoms with van der Waals surface area (Å²) in [6, 6.07) is -0.237. The van der Waals surface area contributed by atoms with Crippen LogP contribution in [0.3, 0.4) is 0 Å². The number of hydrogen-bond donors (Lipinski definition) is 1. The Bertz CT molecular complexity index is 373. The highest BCUT2D eigenvalue weighted by molar-refractivity contribution is 5.81. The highest BCUT2D eigenvalue weighted by Crippen LogP contribution is 2.23. The van der Waals surface area contributed by atoms with Gasteiger partial charge in [-0.1, -0.05) is 0 Å². The molecule has 8 heteroatoms. The van der Waals surface area contributed by atoms with Crippen molar-refractivity contribution in [3.8, 4) is 0 Å². The molecule has 0 spiro atoms. The Hall–Kier alpha value is -1.31. The summed E-state index contributed by atoms with van der Waals surface area (Å²) >= 11 is 0. The smallest absolute Gasteiger partial charge is 0.411 e. The normalized spacial score (nSPS) is 21.1. The van der Waals surface area contributed by atoms with Gasteiger partial charge in [-0.3, -0.25) is 9.59 Å². The van der Waals surface area contributed by atoms with E-state index < -0.39 is 30.8 Å². The second kappa shape index (κ2) is 7.63. The van der Waals surface area contributed by atoms with E-state index in [0.29, 0.717) is 19.4 Å². The number of amides is 1. The third kappa shape index (κ3) is 6.33. The number of carboxylic acids is 1. The molecule has 0 saturated carbocycles. The number of hydrogen-bond acceptors (Lipinski definition) is 3. The van der Waals surface area contributed by atoms with Crippen LogP contribution < -0.4 is 0 Å². The number of aliphatic carboxylic acids is 1. The number of nitrogens with zero attached hydrogens (tertiary/aromatic N) is 1. The lowest BCUT2D eigenvalue weighted by atomic mass is 9.97. The van der Waals surface area contributed by atoms with E-state index in [2.05, 4.69) is 4.74 Å². The maximum atomic E-state index is 12.2. The van der Waals surface area contributed by atoms with Gasteiger partial charge in [0.1, 0.15) is 12.7 Å². The summed E-state index contributed by atoms with van der Waals surface area (Å²) in [5.41, 5.74) is 0. The highest BCUT2D eigenvalue weighted by Gasteiger charge is 2.33. The Kier molecular flexibility index (Phi) is 6.44. The zero-order valence-electron chi connectivity index (χ0n) is 11.9. The van der Waals surface area contributed by atoms with Crippen molar-refractivity contribution in [2.45, 2.75) is 57.3 Å². The van der Waals surface area contributed by atoms with Gasteiger partial charge in [-0.15, -0.1) is 0 Å². The monoisotopic (exact) mass is 311 g/mol. The Balaban J connectivity index is 2.57. The minimum atomic E-state index is -4.47. The third-order valence-electron chi connectivity index (χ3n) is 3.45. The molecule has 0 aromatic heterocycles. The number of halogens is 3. The SMILES string of the molecule is C[C@@H](OCC(F)(F)F)C(=O)N1CCCC[C@@H]1CCC(=O)O. The van der Waals surface area contributed by atoms with Crippen LogP contribution in [0.5, 0.6) is 0 Å². The Morgan fingerprint density at radius 3 is 2.62 bits per heavy atom. The number of carbonyl (C=O) groups excluding carboxylic acids is 1. The molecule has 0 aliphatic carbocycles. The molecule has 1 aliphatic heterocycles. The molecule has 0 radical (unpaired) electrons. The van der Waals surface area contributed by atoms with Crippen molar-refractivity contribution in [3.05, 3.63) is 0 Å². The minimum absolute atomic E-state index is 0.0633. The zero-order valence-corrected chi connectivity index (χ0v) is 11.9. The Morgan fingerprint density at radius 2 is 2.05 bits per heavy atom. The van der Waals surface area contributed by atoms with Gasteiger partial charge < -0.3 is 14.7 Å². The fourth-order valence-electron chi connectivity index (χ4n) is 2.41. The minimum Gasteiger partial charge on any atom is -0.481 e. The first-order valence-corrected chi connectivity index (χ1v) is 6.91. The molecule has 1 aliphatic rings. The standard InChI is InChI=1S/C13H20F3NO4/c1-9(21-8-13(14,15)16)12(20)17-7-3-2-4-10(17)5-6-11(18)19/h9-10H,2-8H2,1H3,(H,18,19)/t9-,10-/m1/s1. The van der Waals surface area contributed by atoms with E-state index in [1.165, 1.54) is 11.8 Å². The molecule has 0 aromatic carbocycles. The third-order valence-corrected chi connectivity index (χ3v) is 3.45. The molecule has 0 unspecified atom stereocenters. The van der Waals surface area contributed by atoms with Crippen LogP contribution in [0.1, 0.15) is 39.0 Å². The molecule has 0 bridgehead atoms. The van der Waals surface area contributed by atoms with E-state index >= 15 is 0 Å². The van der Waals surface area contributed by atoms with Crippen LogP contribution >= 0.6 is 0 Å². The number of piperidine rings is 1. The maximum absolute atomic E-state index is 12.2. The first kappa shape index (κ1) is 17.7. The van der Waals surface area contributed by atoms with Gasteiger partial charge in [0.2, 0.25) is 0 Å². The lowest BCUT2D eigenvalue weighted by molar-refractivity contribution is -0.189. The summed E-state index contributed by atoms with van der Waals surface area (Å²) in [7, 11) is 0. The molecule has 21 heavy (non-hydrogen) atoms. The van der Waals surface area contributed by atoms with Crippen LogP contribution in [0.15, 0.2) is 0 Å². The van der Waals surface area contributed by atoms with Crippen molar-refractivity contribution in [1.82, 2.24) is 4.90 Å². The lowest BCUT2D eigenvalue weighted by Gasteiger charge is -2.37. The average molecular weight is 311 g/mol. The van der Waals surface area contributed by atoms with Crippen LogP contribution in [-0.4, -0.2) is 53.4 Å². The summed E-state index contributed by atoms with van der Waals surface area (Å²) in [4.78, 5) is 24.2. The summed E-state index contributed by atoms with van der Waals surface area (Å²) in [5.74, 6) is -1.45. The molecule has 0 aromatic rings. The summed E-state index contributed by atoms with van der Waals surface area (Å²) in [5, 5.41) is 8.70. The molecular weight excluding hydrogens is 291 g/mol. The number of alkyl halides is 3. The van der Waals surface area contributed by atoms with E-state index in [0.717, 1.165) is 12.8 Å². The first-order valence-electron chi connectivity index (χ1n) is 6.91. The Labute approximate surface area is 121 Å². The predicted molar refractivity (Wildman–Crippen MR) is 67.7 cm³/mol. The number of carbonyl (C=O) groups is 2. The van der Waals surface area contributed by atoms with Crippen LogP contribution in [0.2, 0.25) is 0 Å². The van der Waals surface area contributed by atoms with Crippen molar-refractivity contribution in [2.75, 3.05) is 13.2 Å². The Morgan fingerprint density at radius 1 is 1.38 bits per heavy atom. The van der Waals surface area contributed by atoms with Gasteiger partial charge >= 0.3 is 12.1 Å². The first-order chi connectivity index (χ1) is 9.70. The second-order valence-corrected chi connectivity index (χ2v) is 5.18. The van der Waals surface area contributed by atoms with E-state index in [1.54, 1.807) is 0 Å².